The van der Waals surface area contributed by atoms with Gasteiger partial charge in [-0.25, -0.2) is 9.97 Å². The molecule has 0 amide bonds. The molecule has 19 heavy (non-hydrogen) atoms. The minimum atomic E-state index is 0.456. The van der Waals surface area contributed by atoms with Crippen molar-refractivity contribution in [1.82, 2.24) is 9.97 Å². The van der Waals surface area contributed by atoms with Gasteiger partial charge in [-0.15, -0.1) is 0 Å². The molecule has 1 aromatic carbocycles. The molecule has 0 saturated heterocycles. The summed E-state index contributed by atoms with van der Waals surface area (Å²) in [4.78, 5) is 8.79. The molecule has 100 valence electrons. The van der Waals surface area contributed by atoms with E-state index in [0.717, 1.165) is 35.1 Å². The van der Waals surface area contributed by atoms with Crippen molar-refractivity contribution in [3.63, 3.8) is 0 Å². The highest BCUT2D eigenvalue weighted by atomic mass is 35.5. The first-order chi connectivity index (χ1) is 9.02. The van der Waals surface area contributed by atoms with E-state index in [2.05, 4.69) is 35.1 Å². The van der Waals surface area contributed by atoms with Crippen molar-refractivity contribution in [1.29, 1.82) is 0 Å². The SMILES string of the molecule is CCCc1c(Cl)nc(-c2cc(C)ccc2C)nc1Cl. The predicted molar refractivity (Wildman–Crippen MR) is 81.0 cm³/mol. The Balaban J connectivity index is 2.55. The quantitative estimate of drug-likeness (QED) is 0.743. The van der Waals surface area contributed by atoms with Crippen molar-refractivity contribution in [2.45, 2.75) is 33.6 Å². The summed E-state index contributed by atoms with van der Waals surface area (Å²) >= 11 is 12.4. The molecule has 2 aromatic rings. The predicted octanol–water partition coefficient (Wildman–Crippen LogP) is 5.02. The van der Waals surface area contributed by atoms with Gasteiger partial charge in [-0.2, -0.15) is 0 Å². The van der Waals surface area contributed by atoms with Crippen LogP contribution in [0.1, 0.15) is 30.0 Å². The summed E-state index contributed by atoms with van der Waals surface area (Å²) in [6.45, 7) is 6.14. The Morgan fingerprint density at radius 2 is 1.68 bits per heavy atom. The van der Waals surface area contributed by atoms with Gasteiger partial charge in [0, 0.05) is 11.1 Å². The molecule has 0 aliphatic rings. The Labute approximate surface area is 123 Å². The zero-order valence-corrected chi connectivity index (χ0v) is 12.8. The van der Waals surface area contributed by atoms with Gasteiger partial charge in [0.2, 0.25) is 0 Å². The first-order valence-corrected chi connectivity index (χ1v) is 7.08. The third-order valence-electron chi connectivity index (χ3n) is 3.04. The lowest BCUT2D eigenvalue weighted by atomic mass is 10.0. The molecule has 2 rings (SSSR count). The maximum atomic E-state index is 6.22. The molecular weight excluding hydrogens is 279 g/mol. The minimum absolute atomic E-state index is 0.456. The van der Waals surface area contributed by atoms with Gasteiger partial charge in [0.1, 0.15) is 10.3 Å². The van der Waals surface area contributed by atoms with Gasteiger partial charge in [0.05, 0.1) is 0 Å². The number of aryl methyl sites for hydroxylation is 2. The molecule has 2 nitrogen and oxygen atoms in total. The first-order valence-electron chi connectivity index (χ1n) is 6.32. The van der Waals surface area contributed by atoms with E-state index in [4.69, 9.17) is 23.2 Å². The standard InChI is InChI=1S/C15H16Cl2N2/c1-4-5-11-13(16)18-15(19-14(11)17)12-8-9(2)6-7-10(12)3/h6-8H,4-5H2,1-3H3. The maximum absolute atomic E-state index is 6.22. The highest BCUT2D eigenvalue weighted by Crippen LogP contribution is 2.28. The van der Waals surface area contributed by atoms with Crippen LogP contribution in [0.4, 0.5) is 0 Å². The topological polar surface area (TPSA) is 25.8 Å². The second kappa shape index (κ2) is 5.89. The summed E-state index contributed by atoms with van der Waals surface area (Å²) in [6, 6.07) is 6.17. The molecule has 1 heterocycles. The van der Waals surface area contributed by atoms with E-state index in [0.29, 0.717) is 16.1 Å². The van der Waals surface area contributed by atoms with Crippen LogP contribution in [-0.2, 0) is 6.42 Å². The number of benzene rings is 1. The van der Waals surface area contributed by atoms with E-state index in [1.807, 2.05) is 13.8 Å². The summed E-state index contributed by atoms with van der Waals surface area (Å²) in [5.41, 5.74) is 4.08. The largest absolute Gasteiger partial charge is 0.216 e. The zero-order valence-electron chi connectivity index (χ0n) is 11.3. The number of aromatic nitrogens is 2. The van der Waals surface area contributed by atoms with Crippen molar-refractivity contribution in [3.05, 3.63) is 45.2 Å². The van der Waals surface area contributed by atoms with Gasteiger partial charge in [-0.1, -0.05) is 54.2 Å². The van der Waals surface area contributed by atoms with Crippen LogP contribution in [0.5, 0.6) is 0 Å². The second-order valence-electron chi connectivity index (χ2n) is 4.68. The Morgan fingerprint density at radius 1 is 1.05 bits per heavy atom. The molecule has 0 aliphatic heterocycles. The van der Waals surface area contributed by atoms with E-state index in [1.54, 1.807) is 0 Å². The van der Waals surface area contributed by atoms with E-state index in [9.17, 15) is 0 Å². The van der Waals surface area contributed by atoms with Gasteiger partial charge < -0.3 is 0 Å². The number of halogens is 2. The van der Waals surface area contributed by atoms with E-state index < -0.39 is 0 Å². The fraction of sp³-hybridized carbons (Fsp3) is 0.333. The highest BCUT2D eigenvalue weighted by Gasteiger charge is 2.13. The molecule has 0 saturated carbocycles. The maximum Gasteiger partial charge on any atom is 0.162 e. The van der Waals surface area contributed by atoms with Crippen LogP contribution in [0.2, 0.25) is 10.3 Å². The van der Waals surface area contributed by atoms with Crippen LogP contribution in [-0.4, -0.2) is 9.97 Å². The van der Waals surface area contributed by atoms with Gasteiger partial charge in [0.15, 0.2) is 5.82 Å². The Bertz CT molecular complexity index is 586. The molecule has 0 aliphatic carbocycles. The zero-order chi connectivity index (χ0) is 14.0. The minimum Gasteiger partial charge on any atom is -0.216 e. The Morgan fingerprint density at radius 3 is 2.26 bits per heavy atom. The molecule has 0 bridgehead atoms. The number of hydrogen-bond acceptors (Lipinski definition) is 2. The van der Waals surface area contributed by atoms with Crippen molar-refractivity contribution >= 4 is 23.2 Å². The van der Waals surface area contributed by atoms with Crippen LogP contribution < -0.4 is 0 Å². The van der Waals surface area contributed by atoms with Crippen LogP contribution in [0, 0.1) is 13.8 Å². The summed E-state index contributed by atoms with van der Waals surface area (Å²) in [5, 5.41) is 0.913. The fourth-order valence-corrected chi connectivity index (χ4v) is 2.56. The number of nitrogens with zero attached hydrogens (tertiary/aromatic N) is 2. The summed E-state index contributed by atoms with van der Waals surface area (Å²) in [6.07, 6.45) is 1.76. The van der Waals surface area contributed by atoms with Gasteiger partial charge >= 0.3 is 0 Å². The average molecular weight is 295 g/mol. The summed E-state index contributed by atoms with van der Waals surface area (Å²) < 4.78 is 0. The summed E-state index contributed by atoms with van der Waals surface area (Å²) in [7, 11) is 0. The second-order valence-corrected chi connectivity index (χ2v) is 5.39. The number of hydrogen-bond donors (Lipinski definition) is 0. The fourth-order valence-electron chi connectivity index (χ4n) is 1.98. The normalized spacial score (nSPS) is 10.8. The smallest absolute Gasteiger partial charge is 0.162 e. The van der Waals surface area contributed by atoms with Gasteiger partial charge in [-0.3, -0.25) is 0 Å². The van der Waals surface area contributed by atoms with Crippen molar-refractivity contribution in [2.75, 3.05) is 0 Å². The van der Waals surface area contributed by atoms with E-state index in [1.165, 1.54) is 0 Å². The monoisotopic (exact) mass is 294 g/mol. The lowest BCUT2D eigenvalue weighted by Crippen LogP contribution is -1.99. The first kappa shape index (κ1) is 14.3. The van der Waals surface area contributed by atoms with Gasteiger partial charge in [-0.05, 0) is 31.9 Å². The molecule has 1 aromatic heterocycles. The lowest BCUT2D eigenvalue weighted by molar-refractivity contribution is 0.902. The van der Waals surface area contributed by atoms with Crippen LogP contribution in [0.25, 0.3) is 11.4 Å². The van der Waals surface area contributed by atoms with Gasteiger partial charge in [0.25, 0.3) is 0 Å². The highest BCUT2D eigenvalue weighted by molar-refractivity contribution is 6.34. The average Bonchev–Trinajstić information content (AvgIpc) is 2.36. The van der Waals surface area contributed by atoms with Crippen molar-refractivity contribution in [3.8, 4) is 11.4 Å². The van der Waals surface area contributed by atoms with E-state index in [-0.39, 0.29) is 0 Å². The van der Waals surface area contributed by atoms with Crippen LogP contribution in [0.15, 0.2) is 18.2 Å². The Kier molecular flexibility index (Phi) is 4.43. The van der Waals surface area contributed by atoms with Crippen molar-refractivity contribution < 1.29 is 0 Å². The van der Waals surface area contributed by atoms with Crippen molar-refractivity contribution in [2.24, 2.45) is 0 Å². The molecule has 0 radical (unpaired) electrons. The van der Waals surface area contributed by atoms with Crippen LogP contribution in [0.3, 0.4) is 0 Å². The third-order valence-corrected chi connectivity index (χ3v) is 3.67. The molecule has 0 spiro atoms. The lowest BCUT2D eigenvalue weighted by Gasteiger charge is -2.10. The third kappa shape index (κ3) is 3.07. The molecule has 0 atom stereocenters. The number of rotatable bonds is 3. The molecular formula is C15H16Cl2N2. The Hall–Kier alpha value is -1.12. The van der Waals surface area contributed by atoms with Crippen LogP contribution >= 0.6 is 23.2 Å². The molecule has 0 N–H and O–H groups in total. The molecule has 4 heteroatoms. The molecule has 0 fully saturated rings. The summed E-state index contributed by atoms with van der Waals surface area (Å²) in [5.74, 6) is 0.594. The molecule has 0 unspecified atom stereocenters. The van der Waals surface area contributed by atoms with E-state index >= 15 is 0 Å².